The van der Waals surface area contributed by atoms with Crippen LogP contribution in [0.25, 0.3) is 0 Å². The quantitative estimate of drug-likeness (QED) is 0.852. The van der Waals surface area contributed by atoms with Crippen LogP contribution >= 0.6 is 0 Å². The average molecular weight is 345 g/mol. The first-order valence-corrected chi connectivity index (χ1v) is 7.99. The summed E-state index contributed by atoms with van der Waals surface area (Å²) >= 11 is 0. The van der Waals surface area contributed by atoms with Crippen molar-refractivity contribution in [2.24, 2.45) is 0 Å². The van der Waals surface area contributed by atoms with Crippen LogP contribution in [-0.4, -0.2) is 33.8 Å². The van der Waals surface area contributed by atoms with E-state index in [4.69, 9.17) is 14.2 Å². The first-order chi connectivity index (χ1) is 12.1. The van der Waals surface area contributed by atoms with Crippen molar-refractivity contribution in [1.82, 2.24) is 0 Å². The second-order valence-corrected chi connectivity index (χ2v) is 5.75. The third-order valence-corrected chi connectivity index (χ3v) is 4.32. The molecule has 1 heterocycles. The van der Waals surface area contributed by atoms with Gasteiger partial charge in [-0.25, -0.2) is 4.39 Å². The molecule has 25 heavy (non-hydrogen) atoms. The number of benzene rings is 2. The number of rotatable bonds is 4. The minimum atomic E-state index is -0.291. The normalized spacial score (nSPS) is 13.2. The van der Waals surface area contributed by atoms with Gasteiger partial charge >= 0.3 is 0 Å². The molecule has 2 aromatic rings. The highest BCUT2D eigenvalue weighted by Crippen LogP contribution is 2.39. The number of hydrogen-bond donors (Lipinski definition) is 0. The Morgan fingerprint density at radius 3 is 2.32 bits per heavy atom. The van der Waals surface area contributed by atoms with Gasteiger partial charge in [-0.05, 0) is 48.7 Å². The second-order valence-electron chi connectivity index (χ2n) is 5.75. The van der Waals surface area contributed by atoms with Crippen molar-refractivity contribution in [3.63, 3.8) is 0 Å². The van der Waals surface area contributed by atoms with Crippen LogP contribution in [0.2, 0.25) is 0 Å². The van der Waals surface area contributed by atoms with Crippen LogP contribution in [0, 0.1) is 5.82 Å². The van der Waals surface area contributed by atoms with Crippen LogP contribution in [0.15, 0.2) is 30.3 Å². The molecule has 132 valence electrons. The fraction of sp³-hybridized carbons (Fsp3) is 0.316. The van der Waals surface area contributed by atoms with Gasteiger partial charge in [0.25, 0.3) is 5.91 Å². The number of anilines is 1. The van der Waals surface area contributed by atoms with Crippen molar-refractivity contribution in [2.75, 3.05) is 32.8 Å². The summed E-state index contributed by atoms with van der Waals surface area (Å²) in [5.74, 6) is 0.790. The molecular formula is C19H20FNO4. The summed E-state index contributed by atoms with van der Waals surface area (Å²) in [7, 11) is 4.52. The van der Waals surface area contributed by atoms with Crippen LogP contribution in [-0.2, 0) is 6.42 Å². The standard InChI is InChI=1S/C19H20FNO4/c1-23-16-10-13(11-17(24-2)18(16)25-3)19(22)21-8-4-5-12-9-14(20)6-7-15(12)21/h6-7,9-11H,4-5,8H2,1-3H3. The molecule has 0 unspecified atom stereocenters. The lowest BCUT2D eigenvalue weighted by molar-refractivity contribution is 0.0984. The number of halogens is 1. The van der Waals surface area contributed by atoms with Crippen LogP contribution < -0.4 is 19.1 Å². The molecule has 0 fully saturated rings. The second kappa shape index (κ2) is 7.01. The van der Waals surface area contributed by atoms with Crippen molar-refractivity contribution in [2.45, 2.75) is 12.8 Å². The molecule has 0 N–H and O–H groups in total. The van der Waals surface area contributed by atoms with Crippen molar-refractivity contribution < 1.29 is 23.4 Å². The summed E-state index contributed by atoms with van der Waals surface area (Å²) < 4.78 is 29.4. The Labute approximate surface area is 145 Å². The maximum absolute atomic E-state index is 13.5. The Kier molecular flexibility index (Phi) is 4.79. The summed E-state index contributed by atoms with van der Waals surface area (Å²) in [4.78, 5) is 14.7. The highest BCUT2D eigenvalue weighted by molar-refractivity contribution is 6.07. The number of ether oxygens (including phenoxy) is 3. The van der Waals surface area contributed by atoms with E-state index in [-0.39, 0.29) is 11.7 Å². The first kappa shape index (κ1) is 17.1. The van der Waals surface area contributed by atoms with Gasteiger partial charge in [0.2, 0.25) is 5.75 Å². The van der Waals surface area contributed by atoms with E-state index in [1.54, 1.807) is 23.1 Å². The molecule has 1 amide bonds. The van der Waals surface area contributed by atoms with Crippen molar-refractivity contribution in [3.8, 4) is 17.2 Å². The van der Waals surface area contributed by atoms with Crippen molar-refractivity contribution in [3.05, 3.63) is 47.3 Å². The Balaban J connectivity index is 2.02. The first-order valence-electron chi connectivity index (χ1n) is 7.99. The molecule has 0 bridgehead atoms. The number of hydrogen-bond acceptors (Lipinski definition) is 4. The molecule has 3 rings (SSSR count). The SMILES string of the molecule is COc1cc(C(=O)N2CCCc3cc(F)ccc32)cc(OC)c1OC. The van der Waals surface area contributed by atoms with E-state index in [1.165, 1.54) is 33.5 Å². The zero-order valence-electron chi connectivity index (χ0n) is 14.5. The average Bonchev–Trinajstić information content (AvgIpc) is 2.65. The maximum Gasteiger partial charge on any atom is 0.258 e. The predicted molar refractivity (Wildman–Crippen MR) is 92.5 cm³/mol. The number of fused-ring (bicyclic) bond motifs is 1. The van der Waals surface area contributed by atoms with Gasteiger partial charge in [-0.15, -0.1) is 0 Å². The van der Waals surface area contributed by atoms with Crippen molar-refractivity contribution >= 4 is 11.6 Å². The molecule has 0 saturated carbocycles. The van der Waals surface area contributed by atoms with Crippen LogP contribution in [0.1, 0.15) is 22.3 Å². The molecule has 0 atom stereocenters. The van der Waals surface area contributed by atoms with E-state index in [9.17, 15) is 9.18 Å². The molecule has 0 radical (unpaired) electrons. The molecule has 0 aliphatic carbocycles. The van der Waals surface area contributed by atoms with Gasteiger partial charge in [0.15, 0.2) is 11.5 Å². The minimum absolute atomic E-state index is 0.188. The van der Waals surface area contributed by atoms with E-state index < -0.39 is 0 Å². The fourth-order valence-corrected chi connectivity index (χ4v) is 3.14. The summed E-state index contributed by atoms with van der Waals surface area (Å²) in [5, 5.41) is 0. The Morgan fingerprint density at radius 1 is 1.04 bits per heavy atom. The molecule has 1 aliphatic heterocycles. The van der Waals surface area contributed by atoms with Gasteiger partial charge in [-0.3, -0.25) is 4.79 Å². The highest BCUT2D eigenvalue weighted by atomic mass is 19.1. The molecule has 6 heteroatoms. The van der Waals surface area contributed by atoms with Crippen LogP contribution in [0.3, 0.4) is 0 Å². The smallest absolute Gasteiger partial charge is 0.258 e. The molecule has 1 aliphatic rings. The molecular weight excluding hydrogens is 325 g/mol. The van der Waals surface area contributed by atoms with Gasteiger partial charge in [0.05, 0.1) is 21.3 Å². The van der Waals surface area contributed by atoms with Gasteiger partial charge in [-0.1, -0.05) is 0 Å². The Hall–Kier alpha value is -2.76. The number of aryl methyl sites for hydroxylation is 1. The van der Waals surface area contributed by atoms with E-state index in [0.29, 0.717) is 29.4 Å². The Morgan fingerprint density at radius 2 is 1.72 bits per heavy atom. The summed E-state index contributed by atoms with van der Waals surface area (Å²) in [6, 6.07) is 7.77. The van der Waals surface area contributed by atoms with Crippen LogP contribution in [0.4, 0.5) is 10.1 Å². The van der Waals surface area contributed by atoms with E-state index in [0.717, 1.165) is 24.1 Å². The van der Waals surface area contributed by atoms with Gasteiger partial charge in [0.1, 0.15) is 5.82 Å². The number of amides is 1. The Bertz CT molecular complexity index is 781. The molecule has 0 aromatic heterocycles. The monoisotopic (exact) mass is 345 g/mol. The lowest BCUT2D eigenvalue weighted by Crippen LogP contribution is -2.35. The third kappa shape index (κ3) is 3.12. The van der Waals surface area contributed by atoms with E-state index in [1.807, 2.05) is 0 Å². The number of carbonyl (C=O) groups excluding carboxylic acids is 1. The fourth-order valence-electron chi connectivity index (χ4n) is 3.14. The van der Waals surface area contributed by atoms with Crippen molar-refractivity contribution in [1.29, 1.82) is 0 Å². The molecule has 5 nitrogen and oxygen atoms in total. The summed E-state index contributed by atoms with van der Waals surface area (Å²) in [5.41, 5.74) is 2.00. The minimum Gasteiger partial charge on any atom is -0.493 e. The molecule has 0 spiro atoms. The van der Waals surface area contributed by atoms with E-state index >= 15 is 0 Å². The zero-order chi connectivity index (χ0) is 18.0. The lowest BCUT2D eigenvalue weighted by Gasteiger charge is -2.30. The summed E-state index contributed by atoms with van der Waals surface area (Å²) in [6.45, 7) is 0.578. The van der Waals surface area contributed by atoms with Gasteiger partial charge in [0, 0.05) is 17.8 Å². The van der Waals surface area contributed by atoms with E-state index in [2.05, 4.69) is 0 Å². The highest BCUT2D eigenvalue weighted by Gasteiger charge is 2.26. The lowest BCUT2D eigenvalue weighted by atomic mass is 10.0. The molecule has 0 saturated heterocycles. The number of carbonyl (C=O) groups is 1. The zero-order valence-corrected chi connectivity index (χ0v) is 14.5. The third-order valence-electron chi connectivity index (χ3n) is 4.32. The topological polar surface area (TPSA) is 48.0 Å². The van der Waals surface area contributed by atoms with Gasteiger partial charge < -0.3 is 19.1 Å². The maximum atomic E-state index is 13.5. The summed E-state index contributed by atoms with van der Waals surface area (Å²) in [6.07, 6.45) is 1.54. The van der Waals surface area contributed by atoms with Crippen LogP contribution in [0.5, 0.6) is 17.2 Å². The van der Waals surface area contributed by atoms with Gasteiger partial charge in [-0.2, -0.15) is 0 Å². The number of nitrogens with zero attached hydrogens (tertiary/aromatic N) is 1. The predicted octanol–water partition coefficient (Wildman–Crippen LogP) is 3.44. The largest absolute Gasteiger partial charge is 0.493 e. The number of methoxy groups -OCH3 is 3. The molecule has 2 aromatic carbocycles.